The Morgan fingerprint density at radius 2 is 0.670 bits per heavy atom. The van der Waals surface area contributed by atoms with Crippen LogP contribution < -0.4 is 33.8 Å². The van der Waals surface area contributed by atoms with Crippen molar-refractivity contribution in [1.82, 2.24) is 0 Å². The van der Waals surface area contributed by atoms with Crippen molar-refractivity contribution < 1.29 is 18.9 Å². The van der Waals surface area contributed by atoms with Crippen LogP contribution in [0.4, 0.5) is 56.9 Å². The summed E-state index contributed by atoms with van der Waals surface area (Å²) in [6.45, 7) is 12.7. The van der Waals surface area contributed by atoms with E-state index >= 15 is 0 Å². The van der Waals surface area contributed by atoms with Gasteiger partial charge in [0.05, 0.1) is 27.9 Å². The zero-order valence-corrected chi connectivity index (χ0v) is 51.0. The molecule has 88 heavy (non-hydrogen) atoms. The van der Waals surface area contributed by atoms with E-state index in [9.17, 15) is 0 Å². The first-order valence-corrected chi connectivity index (χ1v) is 29.5. The molecule has 0 aliphatic rings. The van der Waals surface area contributed by atoms with E-state index in [2.05, 4.69) is 289 Å². The van der Waals surface area contributed by atoms with Crippen molar-refractivity contribution in [2.24, 2.45) is 0 Å². The van der Waals surface area contributed by atoms with Crippen molar-refractivity contribution in [2.45, 2.75) is 19.8 Å². The molecule has 10 rings (SSSR count). The normalized spacial score (nSPS) is 11.4. The van der Waals surface area contributed by atoms with Crippen molar-refractivity contribution in [2.75, 3.05) is 54.6 Å². The van der Waals surface area contributed by atoms with Gasteiger partial charge >= 0.3 is 0 Å². The summed E-state index contributed by atoms with van der Waals surface area (Å²) >= 11 is 0. The molecule has 0 aliphatic carbocycles. The number of benzene rings is 10. The summed E-state index contributed by atoms with van der Waals surface area (Å²) in [6.07, 6.45) is 16.2. The van der Waals surface area contributed by atoms with Gasteiger partial charge in [-0.15, -0.1) is 13.2 Å². The lowest BCUT2D eigenvalue weighted by molar-refractivity contribution is 0.234. The molecule has 0 N–H and O–H groups in total. The number of hydrogen-bond acceptors (Lipinski definition) is 8. The van der Waals surface area contributed by atoms with Gasteiger partial charge in [0, 0.05) is 75.4 Å². The topological polar surface area (TPSA) is 49.9 Å². The molecular formula is C80H76N4O4. The van der Waals surface area contributed by atoms with Crippen molar-refractivity contribution in [3.63, 3.8) is 0 Å². The highest BCUT2D eigenvalue weighted by molar-refractivity contribution is 5.83. The number of ether oxygens (including phenoxy) is 4. The van der Waals surface area contributed by atoms with Gasteiger partial charge in [0.15, 0.2) is 0 Å². The van der Waals surface area contributed by atoms with E-state index in [-0.39, 0.29) is 0 Å². The number of anilines is 10. The molecule has 10 aromatic carbocycles. The number of hydrogen-bond donors (Lipinski definition) is 0. The third kappa shape index (κ3) is 15.4. The minimum atomic E-state index is 0.529. The fraction of sp³-hybridized carbons (Fsp3) is 0.100. The Hall–Kier alpha value is -10.8. The second-order valence-electron chi connectivity index (χ2n) is 20.3. The quantitative estimate of drug-likeness (QED) is 0.0414. The largest absolute Gasteiger partial charge is 0.497 e. The van der Waals surface area contributed by atoms with E-state index in [1.807, 2.05) is 54.6 Å². The lowest BCUT2D eigenvalue weighted by Gasteiger charge is -2.27. The Bertz CT molecular complexity index is 3830. The van der Waals surface area contributed by atoms with Crippen LogP contribution in [0.15, 0.2) is 328 Å². The maximum Gasteiger partial charge on any atom is 0.119 e. The molecule has 0 aromatic heterocycles. The van der Waals surface area contributed by atoms with E-state index in [0.29, 0.717) is 6.61 Å². The van der Waals surface area contributed by atoms with Gasteiger partial charge in [-0.2, -0.15) is 0 Å². The number of para-hydroxylation sites is 2. The van der Waals surface area contributed by atoms with Gasteiger partial charge in [0.1, 0.15) is 17.2 Å². The van der Waals surface area contributed by atoms with Gasteiger partial charge in [-0.05, 0) is 217 Å². The van der Waals surface area contributed by atoms with Crippen molar-refractivity contribution in [1.29, 1.82) is 0 Å². The van der Waals surface area contributed by atoms with E-state index in [1.54, 1.807) is 28.4 Å². The molecule has 0 bridgehead atoms. The third-order valence-electron chi connectivity index (χ3n) is 14.8. The minimum Gasteiger partial charge on any atom is -0.497 e. The molecule has 8 heteroatoms. The Morgan fingerprint density at radius 1 is 0.364 bits per heavy atom. The van der Waals surface area contributed by atoms with Crippen LogP contribution in [0.25, 0.3) is 22.3 Å². The molecule has 0 fully saturated rings. The van der Waals surface area contributed by atoms with Gasteiger partial charge in [-0.25, -0.2) is 0 Å². The molecular weight excluding hydrogens is 1080 g/mol. The Balaban J connectivity index is 0.00000456. The van der Waals surface area contributed by atoms with E-state index in [0.717, 1.165) is 121 Å². The molecule has 0 radical (unpaired) electrons. The molecule has 0 aliphatic heterocycles. The summed E-state index contributed by atoms with van der Waals surface area (Å²) in [4.78, 5) is 9.08. The molecule has 440 valence electrons. The number of rotatable bonds is 25. The van der Waals surface area contributed by atoms with E-state index in [1.165, 1.54) is 5.56 Å². The molecule has 0 atom stereocenters. The standard InChI is InChI=1S/C78H72N4O4.C2H4/c1-7-17-64(79(73-46-52-76(84-4)53-47-73)74-48-54-77(85-5)55-49-74)24-15-19-59-26-36-68(37-27-59)81(66-20-11-9-12-21-66)70-40-30-61(31-41-70)63-34-44-72(45-35-63)82(67-22-13-10-14-23-67)71-42-32-62(33-43-71)60-28-38-69(39-29-60)80(65(18-8-2)25-16-58-83-3)75-50-56-78(86-6)57-51-75;1-2/h7,9-18,20-57H,1,8,19,58H2,2-6H3;1-2H2/b24-15-,25-16-,64-17+,65-18+;. The van der Waals surface area contributed by atoms with Crippen LogP contribution >= 0.6 is 0 Å². The summed E-state index contributed by atoms with van der Waals surface area (Å²) in [7, 11) is 6.76. The number of nitrogens with zero attached hydrogens (tertiary/aromatic N) is 4. The van der Waals surface area contributed by atoms with Crippen molar-refractivity contribution in [3.8, 4) is 39.5 Å². The molecule has 10 aromatic rings. The van der Waals surface area contributed by atoms with Crippen molar-refractivity contribution in [3.05, 3.63) is 334 Å². The predicted octanol–water partition coefficient (Wildman–Crippen LogP) is 21.4. The summed E-state index contributed by atoms with van der Waals surface area (Å²) in [5, 5.41) is 0. The molecule has 0 heterocycles. The number of allylic oxidation sites excluding steroid dienone is 6. The zero-order chi connectivity index (χ0) is 61.5. The summed E-state index contributed by atoms with van der Waals surface area (Å²) in [5.74, 6) is 2.41. The fourth-order valence-corrected chi connectivity index (χ4v) is 10.5. The Labute approximate surface area is 521 Å². The van der Waals surface area contributed by atoms with Crippen LogP contribution in [0.2, 0.25) is 0 Å². The summed E-state index contributed by atoms with van der Waals surface area (Å²) in [6, 6.07) is 89.6. The first kappa shape index (κ1) is 61.8. The molecule has 8 nitrogen and oxygen atoms in total. The highest BCUT2D eigenvalue weighted by Crippen LogP contribution is 2.41. The van der Waals surface area contributed by atoms with Gasteiger partial charge in [0.25, 0.3) is 0 Å². The summed E-state index contributed by atoms with van der Waals surface area (Å²) in [5.41, 5.74) is 18.2. The van der Waals surface area contributed by atoms with Gasteiger partial charge in [0.2, 0.25) is 0 Å². The first-order chi connectivity index (χ1) is 43.4. The van der Waals surface area contributed by atoms with Crippen LogP contribution in [0.1, 0.15) is 18.9 Å². The monoisotopic (exact) mass is 1160 g/mol. The second-order valence-corrected chi connectivity index (χ2v) is 20.3. The minimum absolute atomic E-state index is 0.529. The third-order valence-corrected chi connectivity index (χ3v) is 14.8. The van der Waals surface area contributed by atoms with Gasteiger partial charge in [-0.1, -0.05) is 135 Å². The van der Waals surface area contributed by atoms with Crippen LogP contribution in [0.5, 0.6) is 17.2 Å². The fourth-order valence-electron chi connectivity index (χ4n) is 10.5. The zero-order valence-electron chi connectivity index (χ0n) is 51.0. The van der Waals surface area contributed by atoms with Gasteiger partial charge < -0.3 is 38.5 Å². The maximum atomic E-state index is 5.49. The maximum absolute atomic E-state index is 5.49. The van der Waals surface area contributed by atoms with Crippen LogP contribution in [0.3, 0.4) is 0 Å². The Kier molecular flexibility index (Phi) is 22.0. The smallest absolute Gasteiger partial charge is 0.119 e. The lowest BCUT2D eigenvalue weighted by atomic mass is 10.0. The van der Waals surface area contributed by atoms with Crippen molar-refractivity contribution >= 4 is 56.9 Å². The second kappa shape index (κ2) is 31.4. The van der Waals surface area contributed by atoms with Gasteiger partial charge in [-0.3, -0.25) is 0 Å². The van der Waals surface area contributed by atoms with Crippen LogP contribution in [0, 0.1) is 0 Å². The van der Waals surface area contributed by atoms with Crippen LogP contribution in [-0.2, 0) is 11.2 Å². The van der Waals surface area contributed by atoms with Crippen LogP contribution in [-0.4, -0.2) is 35.0 Å². The van der Waals surface area contributed by atoms with E-state index < -0.39 is 0 Å². The average molecular weight is 1160 g/mol. The molecule has 0 unspecified atom stereocenters. The van der Waals surface area contributed by atoms with E-state index in [4.69, 9.17) is 18.9 Å². The SMILES string of the molecule is C=C.C=C/C=C(\C=C/Cc1ccc(N(c2ccccc2)c2ccc(-c3ccc(N(c4ccccc4)c4ccc(-c5ccc(N(C(/C=C\COC)=C/CC)c6ccc(OC)cc6)cc5)cc4)cc3)cc2)cc1)N(c1ccc(OC)cc1)c1ccc(OC)cc1. The molecule has 0 spiro atoms. The predicted molar refractivity (Wildman–Crippen MR) is 372 cm³/mol. The highest BCUT2D eigenvalue weighted by Gasteiger charge is 2.18. The highest BCUT2D eigenvalue weighted by atomic mass is 16.5. The summed E-state index contributed by atoms with van der Waals surface area (Å²) < 4.78 is 21.8. The average Bonchev–Trinajstić information content (AvgIpc) is 1.90. The first-order valence-electron chi connectivity index (χ1n) is 29.5. The lowest BCUT2D eigenvalue weighted by Crippen LogP contribution is -2.15. The molecule has 0 amide bonds. The number of methoxy groups -OCH3 is 4. The molecule has 0 saturated heterocycles. The molecule has 0 saturated carbocycles. The Morgan fingerprint density at radius 3 is 1.00 bits per heavy atom.